The molecule has 6 heteroatoms. The van der Waals surface area contributed by atoms with E-state index in [1.807, 2.05) is 48.5 Å². The Balaban J connectivity index is 2.13. The van der Waals surface area contributed by atoms with Crippen LogP contribution in [-0.2, 0) is 14.2 Å². The van der Waals surface area contributed by atoms with Crippen LogP contribution >= 0.6 is 0 Å². The van der Waals surface area contributed by atoms with Gasteiger partial charge in [-0.1, -0.05) is 0 Å². The van der Waals surface area contributed by atoms with Crippen LogP contribution in [0.3, 0.4) is 0 Å². The second kappa shape index (κ2) is 4.81. The van der Waals surface area contributed by atoms with Gasteiger partial charge in [0.05, 0.1) is 17.4 Å². The molecule has 1 aliphatic heterocycles. The smallest absolute Gasteiger partial charge is 0.435 e. The lowest BCUT2D eigenvalue weighted by Gasteiger charge is -2.30. The number of ether oxygens (including phenoxy) is 3. The average Bonchev–Trinajstić information content (AvgIpc) is 2.80. The van der Waals surface area contributed by atoms with Crippen molar-refractivity contribution >= 4 is 6.09 Å². The molecule has 0 saturated carbocycles. The first-order valence-electron chi connectivity index (χ1n) is 7.05. The third-order valence-corrected chi connectivity index (χ3v) is 3.71. The van der Waals surface area contributed by atoms with Crippen LogP contribution in [0.5, 0.6) is 0 Å². The summed E-state index contributed by atoms with van der Waals surface area (Å²) >= 11 is 0. The first-order valence-corrected chi connectivity index (χ1v) is 7.05. The molecule has 0 radical (unpaired) electrons. The zero-order valence-electron chi connectivity index (χ0n) is 13.8. The highest BCUT2D eigenvalue weighted by molar-refractivity contribution is 5.69. The second-order valence-corrected chi connectivity index (χ2v) is 7.29. The van der Waals surface area contributed by atoms with Crippen molar-refractivity contribution < 1.29 is 19.0 Å². The molecular weight excluding hydrogens is 272 g/mol. The molecule has 0 aliphatic carbocycles. The SMILES string of the molecule is CC(C)(C)OC(=O)n1cc(C2OC(C)(C)C(C)(C)O2)cn1. The highest BCUT2D eigenvalue weighted by Crippen LogP contribution is 2.44. The molecule has 2 heterocycles. The summed E-state index contributed by atoms with van der Waals surface area (Å²) in [5.41, 5.74) is -0.718. The quantitative estimate of drug-likeness (QED) is 0.796. The lowest BCUT2D eigenvalue weighted by atomic mass is 9.90. The van der Waals surface area contributed by atoms with Crippen molar-refractivity contribution in [2.75, 3.05) is 0 Å². The molecule has 0 bridgehead atoms. The van der Waals surface area contributed by atoms with Gasteiger partial charge in [0, 0.05) is 11.8 Å². The Morgan fingerprint density at radius 1 is 1.24 bits per heavy atom. The minimum absolute atomic E-state index is 0.425. The van der Waals surface area contributed by atoms with Gasteiger partial charge in [-0.05, 0) is 48.5 Å². The Kier molecular flexibility index (Phi) is 3.66. The summed E-state index contributed by atoms with van der Waals surface area (Å²) in [5.74, 6) is 0. The highest BCUT2D eigenvalue weighted by atomic mass is 16.7. The molecule has 21 heavy (non-hydrogen) atoms. The van der Waals surface area contributed by atoms with Gasteiger partial charge in [0.25, 0.3) is 0 Å². The van der Waals surface area contributed by atoms with E-state index in [9.17, 15) is 4.79 Å². The molecule has 1 aliphatic rings. The topological polar surface area (TPSA) is 62.6 Å². The van der Waals surface area contributed by atoms with E-state index >= 15 is 0 Å². The van der Waals surface area contributed by atoms with E-state index in [0.717, 1.165) is 4.68 Å². The van der Waals surface area contributed by atoms with Crippen LogP contribution in [-0.4, -0.2) is 32.7 Å². The van der Waals surface area contributed by atoms with Gasteiger partial charge in [0.1, 0.15) is 5.60 Å². The average molecular weight is 296 g/mol. The zero-order chi connectivity index (χ0) is 16.1. The number of carbonyl (C=O) groups is 1. The predicted molar refractivity (Wildman–Crippen MR) is 76.9 cm³/mol. The summed E-state index contributed by atoms with van der Waals surface area (Å²) < 4.78 is 18.3. The van der Waals surface area contributed by atoms with Crippen molar-refractivity contribution in [1.29, 1.82) is 0 Å². The molecular formula is C15H24N2O4. The van der Waals surface area contributed by atoms with Crippen molar-refractivity contribution in [1.82, 2.24) is 9.78 Å². The van der Waals surface area contributed by atoms with Gasteiger partial charge in [-0.25, -0.2) is 4.79 Å². The molecule has 0 aromatic carbocycles. The van der Waals surface area contributed by atoms with E-state index in [0.29, 0.717) is 5.56 Å². The molecule has 0 unspecified atom stereocenters. The van der Waals surface area contributed by atoms with Crippen molar-refractivity contribution in [3.63, 3.8) is 0 Å². The summed E-state index contributed by atoms with van der Waals surface area (Å²) in [6, 6.07) is 0. The lowest BCUT2D eigenvalue weighted by Crippen LogP contribution is -2.41. The van der Waals surface area contributed by atoms with Gasteiger partial charge in [-0.3, -0.25) is 0 Å². The zero-order valence-corrected chi connectivity index (χ0v) is 13.8. The van der Waals surface area contributed by atoms with E-state index < -0.39 is 29.2 Å². The molecule has 1 fully saturated rings. The summed E-state index contributed by atoms with van der Waals surface area (Å²) in [5, 5.41) is 4.02. The summed E-state index contributed by atoms with van der Waals surface area (Å²) in [6.45, 7) is 13.3. The monoisotopic (exact) mass is 296 g/mol. The van der Waals surface area contributed by atoms with Gasteiger partial charge in [0.2, 0.25) is 0 Å². The summed E-state index contributed by atoms with van der Waals surface area (Å²) in [7, 11) is 0. The highest BCUT2D eigenvalue weighted by Gasteiger charge is 2.49. The van der Waals surface area contributed by atoms with Gasteiger partial charge in [0.15, 0.2) is 6.29 Å². The molecule has 1 saturated heterocycles. The van der Waals surface area contributed by atoms with Crippen molar-refractivity contribution in [3.8, 4) is 0 Å². The number of hydrogen-bond donors (Lipinski definition) is 0. The number of carbonyl (C=O) groups excluding carboxylic acids is 1. The maximum atomic E-state index is 11.9. The fourth-order valence-corrected chi connectivity index (χ4v) is 1.85. The molecule has 1 aromatic rings. The standard InChI is InChI=1S/C15H24N2O4/c1-13(2,3)21-12(18)17-9-10(8-16-17)11-19-14(4,5)15(6,7)20-11/h8-9,11H,1-7H3. The lowest BCUT2D eigenvalue weighted by molar-refractivity contribution is -0.0895. The van der Waals surface area contributed by atoms with Crippen molar-refractivity contribution in [3.05, 3.63) is 18.0 Å². The van der Waals surface area contributed by atoms with Crippen LogP contribution < -0.4 is 0 Å². The molecule has 6 nitrogen and oxygen atoms in total. The molecule has 0 N–H and O–H groups in total. The minimum Gasteiger partial charge on any atom is -0.442 e. The first-order chi connectivity index (χ1) is 9.41. The number of rotatable bonds is 1. The maximum absolute atomic E-state index is 11.9. The third kappa shape index (κ3) is 3.27. The molecule has 0 amide bonds. The molecule has 118 valence electrons. The van der Waals surface area contributed by atoms with Crippen LogP contribution in [0.1, 0.15) is 60.3 Å². The van der Waals surface area contributed by atoms with Crippen LogP contribution in [0, 0.1) is 0 Å². The predicted octanol–water partition coefficient (Wildman–Crippen LogP) is 3.27. The van der Waals surface area contributed by atoms with E-state index in [-0.39, 0.29) is 0 Å². The third-order valence-electron chi connectivity index (χ3n) is 3.71. The van der Waals surface area contributed by atoms with Crippen LogP contribution in [0.4, 0.5) is 4.79 Å². The summed E-state index contributed by atoms with van der Waals surface area (Å²) in [6.07, 6.45) is 2.08. The van der Waals surface area contributed by atoms with Gasteiger partial charge in [-0.2, -0.15) is 9.78 Å². The largest absolute Gasteiger partial charge is 0.442 e. The van der Waals surface area contributed by atoms with Gasteiger partial charge >= 0.3 is 6.09 Å². The van der Waals surface area contributed by atoms with Crippen molar-refractivity contribution in [2.24, 2.45) is 0 Å². The molecule has 0 spiro atoms. The Morgan fingerprint density at radius 2 is 1.76 bits per heavy atom. The fourth-order valence-electron chi connectivity index (χ4n) is 1.85. The van der Waals surface area contributed by atoms with E-state index in [1.165, 1.54) is 0 Å². The fraction of sp³-hybridized carbons (Fsp3) is 0.733. The normalized spacial score (nSPS) is 21.5. The maximum Gasteiger partial charge on any atom is 0.435 e. The first kappa shape index (κ1) is 16.0. The number of nitrogens with zero attached hydrogens (tertiary/aromatic N) is 2. The van der Waals surface area contributed by atoms with Crippen LogP contribution in [0.2, 0.25) is 0 Å². The summed E-state index contributed by atoms with van der Waals surface area (Å²) in [4.78, 5) is 11.9. The Hall–Kier alpha value is -1.40. The van der Waals surface area contributed by atoms with Crippen LogP contribution in [0.25, 0.3) is 0 Å². The van der Waals surface area contributed by atoms with Crippen LogP contribution in [0.15, 0.2) is 12.4 Å². The van der Waals surface area contributed by atoms with E-state index in [1.54, 1.807) is 12.4 Å². The second-order valence-electron chi connectivity index (χ2n) is 7.29. The number of aromatic nitrogens is 2. The van der Waals surface area contributed by atoms with Gasteiger partial charge < -0.3 is 14.2 Å². The molecule has 0 atom stereocenters. The van der Waals surface area contributed by atoms with Crippen molar-refractivity contribution in [2.45, 2.75) is 71.6 Å². The minimum atomic E-state index is -0.562. The Bertz CT molecular complexity index is 524. The molecule has 1 aromatic heterocycles. The van der Waals surface area contributed by atoms with E-state index in [2.05, 4.69) is 5.10 Å². The van der Waals surface area contributed by atoms with Gasteiger partial charge in [-0.15, -0.1) is 0 Å². The molecule has 2 rings (SSSR count). The van der Waals surface area contributed by atoms with E-state index in [4.69, 9.17) is 14.2 Å². The Labute approximate surface area is 125 Å². The number of hydrogen-bond acceptors (Lipinski definition) is 5. The Morgan fingerprint density at radius 3 is 2.24 bits per heavy atom.